The maximum absolute atomic E-state index is 14.9. The number of hydrogen-bond acceptors (Lipinski definition) is 10. The Morgan fingerprint density at radius 1 is 0.600 bits per heavy atom. The molecule has 19 nitrogen and oxygen atoms in total. The summed E-state index contributed by atoms with van der Waals surface area (Å²) >= 11 is 0. The van der Waals surface area contributed by atoms with E-state index in [4.69, 9.17) is 0 Å². The number of carbonyl (C=O) groups is 4. The highest BCUT2D eigenvalue weighted by atomic mass is 19.4. The fourth-order valence-electron chi connectivity index (χ4n) is 10.7. The molecule has 85 heavy (non-hydrogen) atoms. The van der Waals surface area contributed by atoms with E-state index in [-0.39, 0.29) is 71.8 Å². The van der Waals surface area contributed by atoms with Gasteiger partial charge in [0, 0.05) is 64.5 Å². The number of likely N-dealkylation sites (N-methyl/N-ethyl adjacent to an activating group) is 2. The van der Waals surface area contributed by atoms with Crippen LogP contribution in [0.2, 0.25) is 0 Å². The number of halogens is 6. The maximum atomic E-state index is 14.9. The van der Waals surface area contributed by atoms with E-state index < -0.39 is 72.5 Å². The lowest BCUT2D eigenvalue weighted by Crippen LogP contribution is -2.51. The number of nitriles is 2. The number of urea groups is 2. The van der Waals surface area contributed by atoms with Crippen molar-refractivity contribution in [2.24, 2.45) is 0 Å². The zero-order valence-electron chi connectivity index (χ0n) is 47.7. The van der Waals surface area contributed by atoms with Gasteiger partial charge in [0.1, 0.15) is 13.1 Å². The van der Waals surface area contributed by atoms with E-state index in [9.17, 15) is 66.3 Å². The minimum atomic E-state index is -4.78. The molecule has 6 aromatic rings. The maximum Gasteiger partial charge on any atom is 0.416 e. The molecule has 0 radical (unpaired) electrons. The number of carbonyl (C=O) groups excluding carboxylic acids is 4. The molecule has 8 rings (SSSR count). The summed E-state index contributed by atoms with van der Waals surface area (Å²) in [6, 6.07) is 20.9. The Bertz CT molecular complexity index is 3280. The number of quaternary nitrogens is 1. The average Bonchev–Trinajstić information content (AvgIpc) is 1.86. The van der Waals surface area contributed by atoms with Gasteiger partial charge in [0.15, 0.2) is 11.8 Å². The van der Waals surface area contributed by atoms with E-state index in [1.165, 1.54) is 67.7 Å². The smallest absolute Gasteiger partial charge is 0.416 e. The van der Waals surface area contributed by atoms with Gasteiger partial charge < -0.3 is 54.1 Å². The van der Waals surface area contributed by atoms with Crippen LogP contribution in [0.3, 0.4) is 0 Å². The molecular weight excluding hydrogens is 1110 g/mol. The Kier molecular flexibility index (Phi) is 18.6. The number of amides is 6. The molecule has 2 aromatic heterocycles. The van der Waals surface area contributed by atoms with Crippen molar-refractivity contribution in [1.29, 1.82) is 10.5 Å². The van der Waals surface area contributed by atoms with Crippen molar-refractivity contribution < 1.29 is 60.2 Å². The van der Waals surface area contributed by atoms with Gasteiger partial charge >= 0.3 is 24.4 Å². The summed E-state index contributed by atoms with van der Waals surface area (Å²) in [5.41, 5.74) is -0.581. The number of nitrogens with zero attached hydrogens (tertiary/aromatic N) is 11. The molecule has 25 heteroatoms. The van der Waals surface area contributed by atoms with Crippen LogP contribution in [0.15, 0.2) is 109 Å². The number of benzene rings is 4. The van der Waals surface area contributed by atoms with E-state index in [0.29, 0.717) is 65.8 Å². The second-order valence-electron chi connectivity index (χ2n) is 22.1. The molecule has 4 aromatic carbocycles. The molecule has 4 N–H and O–H groups in total. The van der Waals surface area contributed by atoms with Gasteiger partial charge in [0.05, 0.1) is 108 Å². The van der Waals surface area contributed by atoms with Gasteiger partial charge in [-0.25, -0.2) is 9.59 Å². The first-order chi connectivity index (χ1) is 40.2. The number of aromatic nitrogens is 2. The zero-order chi connectivity index (χ0) is 61.7. The molecule has 0 saturated heterocycles. The molecule has 2 atom stereocenters. The van der Waals surface area contributed by atoms with Gasteiger partial charge in [0.2, 0.25) is 11.8 Å². The minimum absolute atomic E-state index is 0.0737. The molecular formula is C60H66F6N13O6+. The van der Waals surface area contributed by atoms with Crippen molar-refractivity contribution in [2.75, 3.05) is 104 Å². The number of rotatable bonds is 22. The molecule has 0 aliphatic carbocycles. The van der Waals surface area contributed by atoms with E-state index >= 15 is 0 Å². The summed E-state index contributed by atoms with van der Waals surface area (Å²) in [6.07, 6.45) is -5.79. The summed E-state index contributed by atoms with van der Waals surface area (Å²) in [6.45, 7) is 1.49. The van der Waals surface area contributed by atoms with E-state index in [0.717, 1.165) is 46.2 Å². The van der Waals surface area contributed by atoms with Crippen LogP contribution in [0.25, 0.3) is 0 Å². The quantitative estimate of drug-likeness (QED) is 0.0375. The number of alkyl halides is 6. The highest BCUT2D eigenvalue weighted by Crippen LogP contribution is 2.51. The van der Waals surface area contributed by atoms with Crippen molar-refractivity contribution >= 4 is 46.6 Å². The molecule has 0 fully saturated rings. The van der Waals surface area contributed by atoms with Crippen LogP contribution < -0.4 is 20.4 Å². The summed E-state index contributed by atoms with van der Waals surface area (Å²) in [5.74, 6) is -1.76. The first kappa shape index (κ1) is 62.0. The Hall–Kier alpha value is -9.04. The second kappa shape index (κ2) is 25.4. The number of aryl methyl sites for hydroxylation is 2. The van der Waals surface area contributed by atoms with Gasteiger partial charge in [-0.15, -0.1) is 0 Å². The predicted octanol–water partition coefficient (Wildman–Crippen LogP) is 8.72. The third kappa shape index (κ3) is 14.0. The van der Waals surface area contributed by atoms with Crippen LogP contribution in [0.5, 0.6) is 11.8 Å². The first-order valence-electron chi connectivity index (χ1n) is 27.3. The standard InChI is InChI=1S/C60H65F6N13O6/c1-71(2)27-23-69-49(80)37-75-53(41-19-15-39(33-67)16-20-41)51-47(77(57(75)84)45-13-7-11-43(31-45)59(61,62)63)35-73(55(51)82)25-9-29-79(5,6)30-10-26-74-36-48-52(56(74)83)54(42-21-17-40(34-68)18-22-42)76(38-50(81)70-24-28-72(3)4)58(85)78(48)46-14-8-12-44(32-46)60(64,65)66/h7-8,11-22,31-32,35-36,53-54H,9-10,23-30,37-38H2,1-6H3,(H3-,69,70,80,81,82,83)/p+1/t53-,54-/m1/s1. The number of fused-ring (bicyclic) bond motifs is 2. The number of aromatic hydroxyl groups is 2. The highest BCUT2D eigenvalue weighted by molar-refractivity contribution is 6.06. The van der Waals surface area contributed by atoms with E-state index in [1.807, 2.05) is 64.2 Å². The van der Waals surface area contributed by atoms with Crippen LogP contribution in [-0.4, -0.2) is 162 Å². The van der Waals surface area contributed by atoms with Gasteiger partial charge in [0.25, 0.3) is 0 Å². The lowest BCUT2D eigenvalue weighted by atomic mass is 9.94. The van der Waals surface area contributed by atoms with Gasteiger partial charge in [-0.1, -0.05) is 36.4 Å². The Morgan fingerprint density at radius 3 is 1.29 bits per heavy atom. The van der Waals surface area contributed by atoms with Crippen molar-refractivity contribution in [3.63, 3.8) is 0 Å². The van der Waals surface area contributed by atoms with Gasteiger partial charge in [-0.05, 0) is 100.0 Å². The highest BCUT2D eigenvalue weighted by Gasteiger charge is 2.46. The first-order valence-corrected chi connectivity index (χ1v) is 27.3. The average molecular weight is 1180 g/mol. The van der Waals surface area contributed by atoms with Gasteiger partial charge in [-0.3, -0.25) is 19.4 Å². The summed E-state index contributed by atoms with van der Waals surface area (Å²) in [7, 11) is 11.2. The molecule has 0 spiro atoms. The van der Waals surface area contributed by atoms with Crippen LogP contribution in [0.1, 0.15) is 69.4 Å². The predicted molar refractivity (Wildman–Crippen MR) is 304 cm³/mol. The van der Waals surface area contributed by atoms with Crippen molar-refractivity contribution in [1.82, 2.24) is 39.4 Å². The SMILES string of the molecule is CN(C)CCNC(=O)CN1C(=O)N(c2cccc(C(F)(F)F)c2)c2cn(CCC[N+](C)(C)CCCn3cc4c(c3O)[C@@H](c3ccc(C#N)cc3)N(CC(=O)NCCN(C)C)C(=O)N4c3cccc(C(F)(F)F)c3)c(O)c2[C@H]1c1ccc(C#N)cc1. The third-order valence-electron chi connectivity index (χ3n) is 14.9. The molecule has 2 aliphatic rings. The largest absolute Gasteiger partial charge is 0.494 e. The summed E-state index contributed by atoms with van der Waals surface area (Å²) in [5, 5.41) is 49.4. The molecule has 6 amide bonds. The number of nitrogens with one attached hydrogen (secondary N) is 2. The number of anilines is 4. The monoisotopic (exact) mass is 1180 g/mol. The number of hydrogen-bond donors (Lipinski definition) is 4. The molecule has 0 bridgehead atoms. The zero-order valence-corrected chi connectivity index (χ0v) is 47.7. The third-order valence-corrected chi connectivity index (χ3v) is 14.9. The Morgan fingerprint density at radius 2 is 0.965 bits per heavy atom. The molecule has 4 heterocycles. The lowest BCUT2D eigenvalue weighted by molar-refractivity contribution is -0.890. The molecule has 448 valence electrons. The van der Waals surface area contributed by atoms with Crippen molar-refractivity contribution in [3.05, 3.63) is 154 Å². The van der Waals surface area contributed by atoms with E-state index in [1.54, 1.807) is 24.3 Å². The van der Waals surface area contributed by atoms with Crippen molar-refractivity contribution in [2.45, 2.75) is 50.4 Å². The summed E-state index contributed by atoms with van der Waals surface area (Å²) < 4.78 is 88.7. The van der Waals surface area contributed by atoms with Crippen LogP contribution in [0, 0.1) is 22.7 Å². The fourth-order valence-corrected chi connectivity index (χ4v) is 10.7. The summed E-state index contributed by atoms with van der Waals surface area (Å²) in [4.78, 5) is 65.1. The second-order valence-corrected chi connectivity index (χ2v) is 22.1. The lowest BCUT2D eigenvalue weighted by Gasteiger charge is -2.41. The van der Waals surface area contributed by atoms with E-state index in [2.05, 4.69) is 10.6 Å². The van der Waals surface area contributed by atoms with Crippen molar-refractivity contribution in [3.8, 4) is 23.9 Å². The Balaban J connectivity index is 1.08. The van der Waals surface area contributed by atoms with Gasteiger partial charge in [-0.2, -0.15) is 36.9 Å². The topological polar surface area (TPSA) is 210 Å². The molecule has 0 unspecified atom stereocenters. The minimum Gasteiger partial charge on any atom is -0.494 e. The molecule has 0 saturated carbocycles. The Labute approximate surface area is 487 Å². The normalized spacial score (nSPS) is 15.5. The molecule has 2 aliphatic heterocycles. The van der Waals surface area contributed by atoms with Crippen LogP contribution >= 0.6 is 0 Å². The van der Waals surface area contributed by atoms with Crippen LogP contribution in [0.4, 0.5) is 58.7 Å². The fraction of sp³-hybridized carbons (Fsp3) is 0.367. The van der Waals surface area contributed by atoms with Crippen LogP contribution in [-0.2, 0) is 35.0 Å².